The second kappa shape index (κ2) is 8.34. The number of likely N-dealkylation sites (tertiary alicyclic amines) is 1. The van der Waals surface area contributed by atoms with Gasteiger partial charge in [0, 0.05) is 19.1 Å². The molecule has 1 aliphatic rings. The Balaban J connectivity index is 1.82. The predicted octanol–water partition coefficient (Wildman–Crippen LogP) is 2.15. The van der Waals surface area contributed by atoms with Gasteiger partial charge >= 0.3 is 6.03 Å². The molecular weight excluding hydrogens is 304 g/mol. The van der Waals surface area contributed by atoms with Gasteiger partial charge in [0.2, 0.25) is 5.91 Å². The van der Waals surface area contributed by atoms with Crippen molar-refractivity contribution in [3.8, 4) is 6.07 Å². The monoisotopic (exact) mass is 328 g/mol. The molecule has 1 aromatic rings. The number of urea groups is 1. The molecule has 24 heavy (non-hydrogen) atoms. The molecule has 2 N–H and O–H groups in total. The Labute approximate surface area is 142 Å². The van der Waals surface area contributed by atoms with Gasteiger partial charge in [-0.15, -0.1) is 0 Å². The molecule has 0 aromatic heterocycles. The first kappa shape index (κ1) is 17.8. The first-order chi connectivity index (χ1) is 11.5. The molecule has 0 saturated carbocycles. The Hall–Kier alpha value is -2.55. The smallest absolute Gasteiger partial charge is 0.315 e. The van der Waals surface area contributed by atoms with Crippen molar-refractivity contribution in [2.75, 3.05) is 6.54 Å². The van der Waals surface area contributed by atoms with Gasteiger partial charge in [-0.2, -0.15) is 5.26 Å². The minimum atomic E-state index is -0.559. The van der Waals surface area contributed by atoms with Gasteiger partial charge in [-0.25, -0.2) is 4.79 Å². The molecule has 2 rings (SSSR count). The van der Waals surface area contributed by atoms with E-state index in [1.165, 1.54) is 0 Å². The molecule has 6 nitrogen and oxygen atoms in total. The van der Waals surface area contributed by atoms with Crippen LogP contribution in [0.5, 0.6) is 0 Å². The van der Waals surface area contributed by atoms with Crippen molar-refractivity contribution < 1.29 is 9.59 Å². The molecule has 1 saturated heterocycles. The molecule has 3 amide bonds. The summed E-state index contributed by atoms with van der Waals surface area (Å²) in [6, 6.07) is 8.40. The Morgan fingerprint density at radius 2 is 2.21 bits per heavy atom. The second-order valence-corrected chi connectivity index (χ2v) is 6.24. The molecule has 1 heterocycles. The van der Waals surface area contributed by atoms with Crippen LogP contribution in [0.4, 0.5) is 4.79 Å². The minimum Gasteiger partial charge on any atom is -0.338 e. The molecule has 0 spiro atoms. The second-order valence-electron chi connectivity index (χ2n) is 6.24. The summed E-state index contributed by atoms with van der Waals surface area (Å²) >= 11 is 0. The summed E-state index contributed by atoms with van der Waals surface area (Å²) in [6.45, 7) is 4.82. The average Bonchev–Trinajstić information content (AvgIpc) is 2.60. The highest BCUT2D eigenvalue weighted by atomic mass is 16.2. The number of amides is 3. The third kappa shape index (κ3) is 4.72. The van der Waals surface area contributed by atoms with Crippen molar-refractivity contribution in [2.45, 2.75) is 51.7 Å². The molecule has 0 unspecified atom stereocenters. The fourth-order valence-electron chi connectivity index (χ4n) is 2.92. The van der Waals surface area contributed by atoms with Crippen molar-refractivity contribution in [1.82, 2.24) is 15.5 Å². The molecule has 0 aliphatic carbocycles. The van der Waals surface area contributed by atoms with Gasteiger partial charge in [0.25, 0.3) is 0 Å². The standard InChI is InChI=1S/C18H24N4O2/c1-13-6-3-4-9-22(13)17(23)14(2)21-18(24)20-12-16-8-5-7-15(10-16)11-19/h5,7-8,10,13-14H,3-4,6,9,12H2,1-2H3,(H2,20,21,24)/t13-,14+/m1/s1. The van der Waals surface area contributed by atoms with Gasteiger partial charge in [0.15, 0.2) is 0 Å². The van der Waals surface area contributed by atoms with Crippen LogP contribution < -0.4 is 10.6 Å². The summed E-state index contributed by atoms with van der Waals surface area (Å²) in [6.07, 6.45) is 3.18. The van der Waals surface area contributed by atoms with E-state index >= 15 is 0 Å². The minimum absolute atomic E-state index is 0.0381. The predicted molar refractivity (Wildman–Crippen MR) is 91.0 cm³/mol. The number of benzene rings is 1. The van der Waals surface area contributed by atoms with Crippen LogP contribution in [0, 0.1) is 11.3 Å². The topological polar surface area (TPSA) is 85.2 Å². The molecule has 0 bridgehead atoms. The molecule has 1 fully saturated rings. The lowest BCUT2D eigenvalue weighted by molar-refractivity contribution is -0.136. The number of piperidine rings is 1. The van der Waals surface area contributed by atoms with Gasteiger partial charge in [0.05, 0.1) is 11.6 Å². The molecule has 0 radical (unpaired) electrons. The molecular formula is C18H24N4O2. The molecule has 6 heteroatoms. The van der Waals surface area contributed by atoms with Crippen molar-refractivity contribution in [3.63, 3.8) is 0 Å². The third-order valence-corrected chi connectivity index (χ3v) is 4.31. The fourth-order valence-corrected chi connectivity index (χ4v) is 2.92. The quantitative estimate of drug-likeness (QED) is 0.888. The zero-order chi connectivity index (χ0) is 17.5. The van der Waals surface area contributed by atoms with Gasteiger partial charge in [0.1, 0.15) is 6.04 Å². The van der Waals surface area contributed by atoms with E-state index in [0.717, 1.165) is 31.4 Å². The van der Waals surface area contributed by atoms with E-state index in [-0.39, 0.29) is 18.0 Å². The number of carbonyl (C=O) groups is 2. The highest BCUT2D eigenvalue weighted by Gasteiger charge is 2.27. The number of carbonyl (C=O) groups excluding carboxylic acids is 2. The summed E-state index contributed by atoms with van der Waals surface area (Å²) in [5, 5.41) is 14.3. The Bertz CT molecular complexity index is 638. The normalized spacial score (nSPS) is 18.4. The summed E-state index contributed by atoms with van der Waals surface area (Å²) in [5.74, 6) is -0.0381. The number of rotatable bonds is 4. The van der Waals surface area contributed by atoms with E-state index in [1.54, 1.807) is 25.1 Å². The van der Waals surface area contributed by atoms with Gasteiger partial charge < -0.3 is 15.5 Å². The maximum Gasteiger partial charge on any atom is 0.315 e. The Kier molecular flexibility index (Phi) is 6.19. The van der Waals surface area contributed by atoms with E-state index in [1.807, 2.05) is 17.9 Å². The summed E-state index contributed by atoms with van der Waals surface area (Å²) in [5.41, 5.74) is 1.39. The lowest BCUT2D eigenvalue weighted by Gasteiger charge is -2.35. The SMILES string of the molecule is C[C@H](NC(=O)NCc1cccc(C#N)c1)C(=O)N1CCCC[C@H]1C. The van der Waals surface area contributed by atoms with Crippen LogP contribution in [0.25, 0.3) is 0 Å². The third-order valence-electron chi connectivity index (χ3n) is 4.31. The van der Waals surface area contributed by atoms with Crippen molar-refractivity contribution in [3.05, 3.63) is 35.4 Å². The first-order valence-corrected chi connectivity index (χ1v) is 8.35. The van der Waals surface area contributed by atoms with Crippen molar-refractivity contribution in [2.24, 2.45) is 0 Å². The van der Waals surface area contributed by atoms with Gasteiger partial charge in [-0.3, -0.25) is 4.79 Å². The largest absolute Gasteiger partial charge is 0.338 e. The van der Waals surface area contributed by atoms with E-state index in [2.05, 4.69) is 16.7 Å². The number of hydrogen-bond donors (Lipinski definition) is 2. The summed E-state index contributed by atoms with van der Waals surface area (Å²) < 4.78 is 0. The molecule has 128 valence electrons. The first-order valence-electron chi connectivity index (χ1n) is 8.35. The van der Waals surface area contributed by atoms with Gasteiger partial charge in [-0.05, 0) is 50.8 Å². The number of nitrogens with zero attached hydrogens (tertiary/aromatic N) is 2. The zero-order valence-corrected chi connectivity index (χ0v) is 14.2. The summed E-state index contributed by atoms with van der Waals surface area (Å²) in [7, 11) is 0. The van der Waals surface area contributed by atoms with Crippen molar-refractivity contribution in [1.29, 1.82) is 5.26 Å². The maximum absolute atomic E-state index is 12.4. The number of hydrogen-bond acceptors (Lipinski definition) is 3. The van der Waals surface area contributed by atoms with Crippen LogP contribution in [-0.4, -0.2) is 35.5 Å². The van der Waals surface area contributed by atoms with Crippen LogP contribution in [0.15, 0.2) is 24.3 Å². The van der Waals surface area contributed by atoms with E-state index < -0.39 is 6.04 Å². The summed E-state index contributed by atoms with van der Waals surface area (Å²) in [4.78, 5) is 26.3. The highest BCUT2D eigenvalue weighted by Crippen LogP contribution is 2.17. The van der Waals surface area contributed by atoms with E-state index in [4.69, 9.17) is 5.26 Å². The lowest BCUT2D eigenvalue weighted by atomic mass is 10.0. The van der Waals surface area contributed by atoms with Crippen LogP contribution in [0.2, 0.25) is 0 Å². The van der Waals surface area contributed by atoms with Crippen LogP contribution in [-0.2, 0) is 11.3 Å². The van der Waals surface area contributed by atoms with Crippen LogP contribution in [0.1, 0.15) is 44.2 Å². The number of nitriles is 1. The lowest BCUT2D eigenvalue weighted by Crippen LogP contribution is -2.53. The van der Waals surface area contributed by atoms with Gasteiger partial charge in [-0.1, -0.05) is 12.1 Å². The Morgan fingerprint density at radius 3 is 2.92 bits per heavy atom. The Morgan fingerprint density at radius 1 is 1.42 bits per heavy atom. The fraction of sp³-hybridized carbons (Fsp3) is 0.500. The van der Waals surface area contributed by atoms with E-state index in [9.17, 15) is 9.59 Å². The highest BCUT2D eigenvalue weighted by molar-refractivity contribution is 5.87. The van der Waals surface area contributed by atoms with Crippen molar-refractivity contribution >= 4 is 11.9 Å². The molecule has 2 atom stereocenters. The van der Waals surface area contributed by atoms with Crippen LogP contribution in [0.3, 0.4) is 0 Å². The van der Waals surface area contributed by atoms with Crippen LogP contribution >= 0.6 is 0 Å². The molecule has 1 aliphatic heterocycles. The van der Waals surface area contributed by atoms with E-state index in [0.29, 0.717) is 12.1 Å². The average molecular weight is 328 g/mol. The molecule has 1 aromatic carbocycles. The zero-order valence-electron chi connectivity index (χ0n) is 14.2. The number of nitrogens with one attached hydrogen (secondary N) is 2. The maximum atomic E-state index is 12.4.